The third-order valence-corrected chi connectivity index (χ3v) is 8.76. The van der Waals surface area contributed by atoms with E-state index in [2.05, 4.69) is 27.5 Å². The Morgan fingerprint density at radius 1 is 1.00 bits per heavy atom. The second-order valence-corrected chi connectivity index (χ2v) is 12.0. The van der Waals surface area contributed by atoms with Crippen molar-refractivity contribution in [2.24, 2.45) is 0 Å². The molecule has 0 aliphatic carbocycles. The average Bonchev–Trinajstić information content (AvgIpc) is 3.28. The molecule has 3 amide bonds. The SMILES string of the molecule is COc1cc(/C=C2/SC(=O)N(CC(=O)N3CCN(c4ccccc4)CC3)C2=O)cc(I)c1OCc1ccc(C(=O)O)cc1. The van der Waals surface area contributed by atoms with Crippen LogP contribution in [0.25, 0.3) is 6.08 Å². The van der Waals surface area contributed by atoms with Gasteiger partial charge < -0.3 is 24.4 Å². The Bertz CT molecular complexity index is 1570. The monoisotopic (exact) mass is 713 g/mol. The Hall–Kier alpha value is -4.04. The Balaban J connectivity index is 1.22. The Labute approximate surface area is 266 Å². The number of carboxylic acids is 1. The minimum atomic E-state index is -0.999. The molecule has 43 heavy (non-hydrogen) atoms. The first-order chi connectivity index (χ1) is 20.7. The minimum absolute atomic E-state index is 0.190. The summed E-state index contributed by atoms with van der Waals surface area (Å²) in [7, 11) is 1.50. The topological polar surface area (TPSA) is 117 Å². The van der Waals surface area contributed by atoms with Crippen molar-refractivity contribution in [2.75, 3.05) is 44.7 Å². The molecule has 0 aromatic heterocycles. The molecule has 5 rings (SSSR count). The van der Waals surface area contributed by atoms with E-state index in [1.807, 2.05) is 30.3 Å². The summed E-state index contributed by atoms with van der Waals surface area (Å²) in [5, 5.41) is 8.60. The Morgan fingerprint density at radius 2 is 1.70 bits per heavy atom. The van der Waals surface area contributed by atoms with E-state index in [1.165, 1.54) is 19.2 Å². The lowest BCUT2D eigenvalue weighted by Gasteiger charge is -2.36. The predicted molar refractivity (Wildman–Crippen MR) is 171 cm³/mol. The number of halogens is 1. The minimum Gasteiger partial charge on any atom is -0.493 e. The van der Waals surface area contributed by atoms with Crippen molar-refractivity contribution in [3.05, 3.63) is 91.9 Å². The zero-order valence-electron chi connectivity index (χ0n) is 23.2. The molecule has 2 saturated heterocycles. The van der Waals surface area contributed by atoms with Crippen LogP contribution in [-0.2, 0) is 16.2 Å². The highest BCUT2D eigenvalue weighted by atomic mass is 127. The molecule has 2 aliphatic rings. The van der Waals surface area contributed by atoms with Crippen molar-refractivity contribution >= 4 is 69.1 Å². The zero-order chi connectivity index (χ0) is 30.5. The lowest BCUT2D eigenvalue weighted by molar-refractivity contribution is -0.136. The van der Waals surface area contributed by atoms with Gasteiger partial charge in [-0.05, 0) is 88.0 Å². The number of benzene rings is 3. The molecule has 222 valence electrons. The highest BCUT2D eigenvalue weighted by molar-refractivity contribution is 14.1. The molecule has 2 aliphatic heterocycles. The Morgan fingerprint density at radius 3 is 2.35 bits per heavy atom. The maximum absolute atomic E-state index is 13.1. The van der Waals surface area contributed by atoms with E-state index in [-0.39, 0.29) is 29.5 Å². The number of piperazine rings is 1. The zero-order valence-corrected chi connectivity index (χ0v) is 26.2. The number of carboxylic acid groups (broad SMARTS) is 1. The molecule has 2 fully saturated rings. The van der Waals surface area contributed by atoms with Crippen LogP contribution in [0.15, 0.2) is 71.6 Å². The van der Waals surface area contributed by atoms with Crippen LogP contribution in [0.2, 0.25) is 0 Å². The fraction of sp³-hybridized carbons (Fsp3) is 0.226. The number of thioether (sulfide) groups is 1. The number of imide groups is 1. The molecule has 0 bridgehead atoms. The van der Waals surface area contributed by atoms with Gasteiger partial charge in [-0.2, -0.15) is 0 Å². The summed E-state index contributed by atoms with van der Waals surface area (Å²) in [6.45, 7) is 2.28. The van der Waals surface area contributed by atoms with Crippen LogP contribution < -0.4 is 14.4 Å². The lowest BCUT2D eigenvalue weighted by Crippen LogP contribution is -2.51. The van der Waals surface area contributed by atoms with Gasteiger partial charge in [-0.1, -0.05) is 30.3 Å². The number of anilines is 1. The second-order valence-electron chi connectivity index (χ2n) is 9.80. The van der Waals surface area contributed by atoms with Gasteiger partial charge in [0.2, 0.25) is 5.91 Å². The van der Waals surface area contributed by atoms with Gasteiger partial charge in [0, 0.05) is 31.9 Å². The van der Waals surface area contributed by atoms with E-state index in [0.29, 0.717) is 43.2 Å². The molecule has 12 heteroatoms. The van der Waals surface area contributed by atoms with E-state index in [4.69, 9.17) is 14.6 Å². The van der Waals surface area contributed by atoms with Crippen LogP contribution in [0.3, 0.4) is 0 Å². The van der Waals surface area contributed by atoms with Crippen LogP contribution in [0, 0.1) is 3.57 Å². The summed E-state index contributed by atoms with van der Waals surface area (Å²) < 4.78 is 12.2. The molecular formula is C31H28IN3O7S. The first-order valence-electron chi connectivity index (χ1n) is 13.4. The van der Waals surface area contributed by atoms with Crippen LogP contribution in [-0.4, -0.2) is 77.8 Å². The summed E-state index contributed by atoms with van der Waals surface area (Å²) >= 11 is 2.90. The van der Waals surface area contributed by atoms with E-state index in [1.54, 1.807) is 35.2 Å². The van der Waals surface area contributed by atoms with Crippen molar-refractivity contribution < 1.29 is 33.8 Å². The maximum Gasteiger partial charge on any atom is 0.335 e. The molecule has 1 N–H and O–H groups in total. The number of hydrogen-bond donors (Lipinski definition) is 1. The molecule has 10 nitrogen and oxygen atoms in total. The molecule has 3 aromatic carbocycles. The maximum atomic E-state index is 13.1. The average molecular weight is 714 g/mol. The van der Waals surface area contributed by atoms with Gasteiger partial charge in [0.25, 0.3) is 11.1 Å². The standard InChI is InChI=1S/C31H28IN3O7S/c1-41-25-16-21(15-24(32)28(25)42-19-20-7-9-22(10-8-20)30(38)39)17-26-29(37)35(31(40)43-26)18-27(36)34-13-11-33(12-14-34)23-5-3-2-4-6-23/h2-10,15-17H,11-14,18-19H2,1H3,(H,38,39)/b26-17+. The normalized spacial score (nSPS) is 16.1. The van der Waals surface area contributed by atoms with Crippen LogP contribution >= 0.6 is 34.4 Å². The molecule has 0 saturated carbocycles. The molecule has 0 spiro atoms. The highest BCUT2D eigenvalue weighted by Gasteiger charge is 2.37. The number of carbonyl (C=O) groups excluding carboxylic acids is 3. The van der Waals surface area contributed by atoms with E-state index in [9.17, 15) is 19.2 Å². The van der Waals surface area contributed by atoms with Crippen LogP contribution in [0.4, 0.5) is 10.5 Å². The first-order valence-corrected chi connectivity index (χ1v) is 15.3. The van der Waals surface area contributed by atoms with Crippen molar-refractivity contribution in [1.82, 2.24) is 9.80 Å². The number of carbonyl (C=O) groups is 4. The van der Waals surface area contributed by atoms with Crippen molar-refractivity contribution in [3.63, 3.8) is 0 Å². The third kappa shape index (κ3) is 7.13. The predicted octanol–water partition coefficient (Wildman–Crippen LogP) is 4.96. The molecule has 0 radical (unpaired) electrons. The number of rotatable bonds is 9. The summed E-state index contributed by atoms with van der Waals surface area (Å²) in [5.74, 6) is -0.837. The van der Waals surface area contributed by atoms with Crippen molar-refractivity contribution in [2.45, 2.75) is 6.61 Å². The molecule has 3 aromatic rings. The van der Waals surface area contributed by atoms with E-state index >= 15 is 0 Å². The summed E-state index contributed by atoms with van der Waals surface area (Å²) in [4.78, 5) is 55.1. The van der Waals surface area contributed by atoms with Gasteiger partial charge in [-0.3, -0.25) is 19.3 Å². The number of para-hydroxylation sites is 1. The molecule has 2 heterocycles. The van der Waals surface area contributed by atoms with Gasteiger partial charge in [-0.25, -0.2) is 4.79 Å². The number of methoxy groups -OCH3 is 1. The van der Waals surface area contributed by atoms with Gasteiger partial charge in [-0.15, -0.1) is 0 Å². The summed E-state index contributed by atoms with van der Waals surface area (Å²) in [6.07, 6.45) is 1.60. The van der Waals surface area contributed by atoms with Crippen LogP contribution in [0.1, 0.15) is 21.5 Å². The number of ether oxygens (including phenoxy) is 2. The van der Waals surface area contributed by atoms with Crippen LogP contribution in [0.5, 0.6) is 11.5 Å². The van der Waals surface area contributed by atoms with E-state index in [0.717, 1.165) is 31.5 Å². The fourth-order valence-electron chi connectivity index (χ4n) is 4.74. The quantitative estimate of drug-likeness (QED) is 0.243. The summed E-state index contributed by atoms with van der Waals surface area (Å²) in [6, 6.07) is 19.9. The van der Waals surface area contributed by atoms with E-state index < -0.39 is 17.1 Å². The van der Waals surface area contributed by atoms with Gasteiger partial charge in [0.1, 0.15) is 13.2 Å². The number of hydrogen-bond acceptors (Lipinski definition) is 8. The molecular weight excluding hydrogens is 685 g/mol. The smallest absolute Gasteiger partial charge is 0.335 e. The lowest BCUT2D eigenvalue weighted by atomic mass is 10.1. The van der Waals surface area contributed by atoms with Gasteiger partial charge >= 0.3 is 5.97 Å². The van der Waals surface area contributed by atoms with Crippen molar-refractivity contribution in [1.29, 1.82) is 0 Å². The fourth-order valence-corrected chi connectivity index (χ4v) is 6.36. The van der Waals surface area contributed by atoms with Gasteiger partial charge in [0.05, 0.1) is 21.1 Å². The summed E-state index contributed by atoms with van der Waals surface area (Å²) in [5.41, 5.74) is 2.71. The number of nitrogens with zero attached hydrogens (tertiary/aromatic N) is 3. The Kier molecular flexibility index (Phi) is 9.56. The first kappa shape index (κ1) is 30.4. The largest absolute Gasteiger partial charge is 0.493 e. The number of amides is 3. The second kappa shape index (κ2) is 13.5. The van der Waals surface area contributed by atoms with Gasteiger partial charge in [0.15, 0.2) is 11.5 Å². The molecule has 0 unspecified atom stereocenters. The highest BCUT2D eigenvalue weighted by Crippen LogP contribution is 2.37. The third-order valence-electron chi connectivity index (χ3n) is 7.05. The number of aromatic carboxylic acids is 1. The van der Waals surface area contributed by atoms with Crippen molar-refractivity contribution in [3.8, 4) is 11.5 Å². The molecule has 0 atom stereocenters.